The Labute approximate surface area is 85.0 Å². The van der Waals surface area contributed by atoms with Gasteiger partial charge in [-0.25, -0.2) is 4.79 Å². The van der Waals surface area contributed by atoms with Crippen LogP contribution >= 0.6 is 11.9 Å². The van der Waals surface area contributed by atoms with Gasteiger partial charge < -0.3 is 4.42 Å². The predicted octanol–water partition coefficient (Wildman–Crippen LogP) is 1.36. The van der Waals surface area contributed by atoms with Gasteiger partial charge >= 0.3 is 5.76 Å². The first-order valence-corrected chi connectivity index (χ1v) is 4.97. The molecule has 1 heterocycles. The molecule has 0 aliphatic carbocycles. The highest BCUT2D eigenvalue weighted by Gasteiger charge is 2.05. The third-order valence-electron chi connectivity index (χ3n) is 1.98. The van der Waals surface area contributed by atoms with E-state index in [9.17, 15) is 4.79 Å². The topological polar surface area (TPSA) is 47.2 Å². The Morgan fingerprint density at radius 1 is 1.50 bits per heavy atom. The monoisotopic (exact) mass is 210 g/mol. The van der Waals surface area contributed by atoms with Gasteiger partial charge in [-0.2, -0.15) is 0 Å². The highest BCUT2D eigenvalue weighted by Crippen LogP contribution is 2.20. The van der Waals surface area contributed by atoms with E-state index in [-0.39, 0.29) is 5.76 Å². The SMILES string of the molecule is CNSc1ccc2c(c1)oc(=O)n2C. The van der Waals surface area contributed by atoms with Gasteiger partial charge in [-0.1, -0.05) is 0 Å². The third-order valence-corrected chi connectivity index (χ3v) is 2.68. The smallest absolute Gasteiger partial charge is 0.408 e. The molecule has 4 nitrogen and oxygen atoms in total. The van der Waals surface area contributed by atoms with Crippen molar-refractivity contribution >= 4 is 23.0 Å². The maximum Gasteiger partial charge on any atom is 0.419 e. The van der Waals surface area contributed by atoms with Gasteiger partial charge in [0.15, 0.2) is 5.58 Å². The molecule has 1 aromatic heterocycles. The van der Waals surface area contributed by atoms with Crippen LogP contribution in [0.4, 0.5) is 0 Å². The molecule has 74 valence electrons. The summed E-state index contributed by atoms with van der Waals surface area (Å²) in [6.07, 6.45) is 0. The molecule has 1 N–H and O–H groups in total. The Kier molecular flexibility index (Phi) is 2.35. The number of nitrogens with zero attached hydrogens (tertiary/aromatic N) is 1. The number of hydrogen-bond acceptors (Lipinski definition) is 4. The number of aryl methyl sites for hydroxylation is 1. The lowest BCUT2D eigenvalue weighted by molar-refractivity contribution is 0.527. The number of fused-ring (bicyclic) bond motifs is 1. The van der Waals surface area contributed by atoms with E-state index in [1.165, 1.54) is 16.5 Å². The standard InChI is InChI=1S/C9H10N2O2S/c1-10-14-6-3-4-7-8(5-6)13-9(12)11(7)2/h3-5,10H,1-2H3. The fraction of sp³-hybridized carbons (Fsp3) is 0.222. The summed E-state index contributed by atoms with van der Waals surface area (Å²) >= 11 is 1.48. The molecule has 2 rings (SSSR count). The van der Waals surface area contributed by atoms with Crippen LogP contribution in [0.1, 0.15) is 0 Å². The number of aromatic nitrogens is 1. The summed E-state index contributed by atoms with van der Waals surface area (Å²) in [5.74, 6) is -0.327. The van der Waals surface area contributed by atoms with Crippen molar-refractivity contribution in [1.82, 2.24) is 9.29 Å². The third kappa shape index (κ3) is 1.44. The second-order valence-electron chi connectivity index (χ2n) is 2.86. The van der Waals surface area contributed by atoms with Gasteiger partial charge in [-0.05, 0) is 37.2 Å². The summed E-state index contributed by atoms with van der Waals surface area (Å²) in [5.41, 5.74) is 1.44. The lowest BCUT2D eigenvalue weighted by Gasteiger charge is -1.97. The van der Waals surface area contributed by atoms with Crippen molar-refractivity contribution in [1.29, 1.82) is 0 Å². The molecular weight excluding hydrogens is 200 g/mol. The Morgan fingerprint density at radius 2 is 2.29 bits per heavy atom. The van der Waals surface area contributed by atoms with Crippen molar-refractivity contribution in [2.45, 2.75) is 4.90 Å². The number of oxazole rings is 1. The van der Waals surface area contributed by atoms with Crippen LogP contribution in [-0.4, -0.2) is 11.6 Å². The van der Waals surface area contributed by atoms with Gasteiger partial charge in [0.2, 0.25) is 0 Å². The summed E-state index contributed by atoms with van der Waals surface area (Å²) in [6.45, 7) is 0. The van der Waals surface area contributed by atoms with Gasteiger partial charge in [0.25, 0.3) is 0 Å². The first-order chi connectivity index (χ1) is 6.72. The van der Waals surface area contributed by atoms with Crippen LogP contribution in [0.25, 0.3) is 11.1 Å². The fourth-order valence-corrected chi connectivity index (χ4v) is 1.83. The molecular formula is C9H10N2O2S. The van der Waals surface area contributed by atoms with Crippen LogP contribution in [0, 0.1) is 0 Å². The largest absolute Gasteiger partial charge is 0.419 e. The van der Waals surface area contributed by atoms with E-state index >= 15 is 0 Å². The number of benzene rings is 1. The molecule has 0 amide bonds. The molecule has 14 heavy (non-hydrogen) atoms. The van der Waals surface area contributed by atoms with E-state index in [0.29, 0.717) is 5.58 Å². The lowest BCUT2D eigenvalue weighted by Crippen LogP contribution is -2.08. The van der Waals surface area contributed by atoms with E-state index in [2.05, 4.69) is 4.72 Å². The zero-order valence-corrected chi connectivity index (χ0v) is 8.72. The van der Waals surface area contributed by atoms with E-state index < -0.39 is 0 Å². The van der Waals surface area contributed by atoms with Gasteiger partial charge in [0.1, 0.15) is 0 Å². The first-order valence-electron chi connectivity index (χ1n) is 4.15. The lowest BCUT2D eigenvalue weighted by atomic mass is 10.3. The second kappa shape index (κ2) is 3.51. The number of nitrogens with one attached hydrogen (secondary N) is 1. The minimum atomic E-state index is -0.327. The van der Waals surface area contributed by atoms with E-state index in [0.717, 1.165) is 10.4 Å². The number of rotatable bonds is 2. The van der Waals surface area contributed by atoms with Gasteiger partial charge in [0, 0.05) is 11.9 Å². The molecule has 0 atom stereocenters. The summed E-state index contributed by atoms with van der Waals surface area (Å²) < 4.78 is 9.50. The van der Waals surface area contributed by atoms with Crippen molar-refractivity contribution in [2.75, 3.05) is 7.05 Å². The van der Waals surface area contributed by atoms with Crippen molar-refractivity contribution in [3.63, 3.8) is 0 Å². The van der Waals surface area contributed by atoms with Crippen molar-refractivity contribution < 1.29 is 4.42 Å². The average molecular weight is 210 g/mol. The van der Waals surface area contributed by atoms with Crippen molar-refractivity contribution in [3.8, 4) is 0 Å². The molecule has 0 spiro atoms. The quantitative estimate of drug-likeness (QED) is 0.760. The number of hydrogen-bond donors (Lipinski definition) is 1. The molecule has 0 unspecified atom stereocenters. The highest BCUT2D eigenvalue weighted by molar-refractivity contribution is 7.97. The minimum Gasteiger partial charge on any atom is -0.408 e. The Morgan fingerprint density at radius 3 is 3.00 bits per heavy atom. The van der Waals surface area contributed by atoms with E-state index in [1.54, 1.807) is 7.05 Å². The molecule has 0 radical (unpaired) electrons. The summed E-state index contributed by atoms with van der Waals surface area (Å²) in [6, 6.07) is 5.66. The molecule has 0 saturated carbocycles. The fourth-order valence-electron chi connectivity index (χ4n) is 1.30. The van der Waals surface area contributed by atoms with Crippen molar-refractivity contribution in [3.05, 3.63) is 28.7 Å². The average Bonchev–Trinajstić information content (AvgIpc) is 2.43. The maximum atomic E-state index is 11.2. The molecule has 0 saturated heterocycles. The first kappa shape index (κ1) is 9.36. The van der Waals surface area contributed by atoms with Crippen molar-refractivity contribution in [2.24, 2.45) is 7.05 Å². The predicted molar refractivity (Wildman–Crippen MR) is 56.4 cm³/mol. The Bertz CT molecular complexity index is 515. The van der Waals surface area contributed by atoms with E-state index in [1.807, 2.05) is 25.2 Å². The molecule has 0 aliphatic rings. The summed E-state index contributed by atoms with van der Waals surface area (Å²) in [5, 5.41) is 0. The molecule has 5 heteroatoms. The maximum absolute atomic E-state index is 11.2. The molecule has 1 aromatic carbocycles. The van der Waals surface area contributed by atoms with Crippen LogP contribution in [0.15, 0.2) is 32.3 Å². The highest BCUT2D eigenvalue weighted by atomic mass is 32.2. The zero-order chi connectivity index (χ0) is 10.1. The Hall–Kier alpha value is -1.20. The summed E-state index contributed by atoms with van der Waals surface area (Å²) in [7, 11) is 3.54. The van der Waals surface area contributed by atoms with Gasteiger partial charge in [-0.15, -0.1) is 0 Å². The van der Waals surface area contributed by atoms with Crippen LogP contribution in [0.3, 0.4) is 0 Å². The Balaban J connectivity index is 2.61. The molecule has 0 aliphatic heterocycles. The van der Waals surface area contributed by atoms with Crippen LogP contribution in [0.2, 0.25) is 0 Å². The summed E-state index contributed by atoms with van der Waals surface area (Å²) in [4.78, 5) is 12.2. The normalized spacial score (nSPS) is 11.0. The molecule has 2 aromatic rings. The van der Waals surface area contributed by atoms with E-state index in [4.69, 9.17) is 4.42 Å². The zero-order valence-electron chi connectivity index (χ0n) is 7.90. The van der Waals surface area contributed by atoms with Crippen LogP contribution in [0.5, 0.6) is 0 Å². The second-order valence-corrected chi connectivity index (χ2v) is 3.95. The molecule has 0 fully saturated rings. The minimum absolute atomic E-state index is 0.327. The van der Waals surface area contributed by atoms with Crippen LogP contribution < -0.4 is 10.5 Å². The van der Waals surface area contributed by atoms with Gasteiger partial charge in [0.05, 0.1) is 5.52 Å². The molecule has 0 bridgehead atoms. The van der Waals surface area contributed by atoms with Crippen LogP contribution in [-0.2, 0) is 7.05 Å². The van der Waals surface area contributed by atoms with Gasteiger partial charge in [-0.3, -0.25) is 9.29 Å².